The van der Waals surface area contributed by atoms with Gasteiger partial charge in [-0.15, -0.1) is 0 Å². The Morgan fingerprint density at radius 1 is 1.40 bits per heavy atom. The number of hydrogen-bond acceptors (Lipinski definition) is 1. The molecule has 0 saturated heterocycles. The molecule has 1 saturated carbocycles. The minimum atomic E-state index is -0.0463. The van der Waals surface area contributed by atoms with Gasteiger partial charge in [0.2, 0.25) is 0 Å². The van der Waals surface area contributed by atoms with E-state index in [1.165, 1.54) is 31.3 Å². The molecule has 1 fully saturated rings. The lowest BCUT2D eigenvalue weighted by Crippen LogP contribution is -2.40. The largest absolute Gasteiger partial charge is 0.197 e. The molecule has 0 aromatic heterocycles. The van der Waals surface area contributed by atoms with Crippen LogP contribution in [0.15, 0.2) is 11.6 Å². The third-order valence-electron chi connectivity index (χ3n) is 4.28. The van der Waals surface area contributed by atoms with Crippen molar-refractivity contribution in [1.82, 2.24) is 0 Å². The van der Waals surface area contributed by atoms with Crippen molar-refractivity contribution in [2.75, 3.05) is 0 Å². The quantitative estimate of drug-likeness (QED) is 0.621. The summed E-state index contributed by atoms with van der Waals surface area (Å²) in [4.78, 5) is 0. The molecule has 1 heteroatoms. The average Bonchev–Trinajstić information content (AvgIpc) is 2.18. The van der Waals surface area contributed by atoms with E-state index in [-0.39, 0.29) is 5.41 Å². The third kappa shape index (κ3) is 1.83. The molecule has 0 N–H and O–H groups in total. The predicted molar refractivity (Wildman–Crippen MR) is 62.2 cm³/mol. The number of nitriles is 1. The SMILES string of the molecule is CC(C)C1CC(C#N)(C2=CCCCC2)C1. The summed E-state index contributed by atoms with van der Waals surface area (Å²) >= 11 is 0. The summed E-state index contributed by atoms with van der Waals surface area (Å²) < 4.78 is 0. The molecule has 2 rings (SSSR count). The molecule has 0 unspecified atom stereocenters. The minimum Gasteiger partial charge on any atom is -0.197 e. The Morgan fingerprint density at radius 3 is 2.60 bits per heavy atom. The lowest BCUT2D eigenvalue weighted by Gasteiger charge is -2.47. The molecule has 0 aromatic rings. The number of nitrogens with zero attached hydrogens (tertiary/aromatic N) is 1. The number of hydrogen-bond donors (Lipinski definition) is 0. The minimum absolute atomic E-state index is 0.0463. The van der Waals surface area contributed by atoms with Gasteiger partial charge >= 0.3 is 0 Å². The van der Waals surface area contributed by atoms with Crippen LogP contribution in [0.2, 0.25) is 0 Å². The molecular weight excluding hydrogens is 182 g/mol. The summed E-state index contributed by atoms with van der Waals surface area (Å²) in [5.74, 6) is 1.53. The summed E-state index contributed by atoms with van der Waals surface area (Å²) in [6, 6.07) is 2.60. The molecule has 0 atom stereocenters. The maximum Gasteiger partial charge on any atom is 0.0788 e. The zero-order valence-corrected chi connectivity index (χ0v) is 9.92. The van der Waals surface area contributed by atoms with Gasteiger partial charge in [-0.3, -0.25) is 0 Å². The van der Waals surface area contributed by atoms with Crippen molar-refractivity contribution in [3.05, 3.63) is 11.6 Å². The summed E-state index contributed by atoms with van der Waals surface area (Å²) in [6.07, 6.45) is 9.58. The molecule has 0 bridgehead atoms. The van der Waals surface area contributed by atoms with Crippen LogP contribution in [0.3, 0.4) is 0 Å². The first-order valence-electron chi connectivity index (χ1n) is 6.29. The molecule has 0 heterocycles. The Bertz CT molecular complexity index is 300. The Kier molecular flexibility index (Phi) is 2.87. The standard InChI is InChI=1S/C14H21N/c1-11(2)12-8-14(9-12,10-15)13-6-4-3-5-7-13/h6,11-12H,3-5,7-9H2,1-2H3. The van der Waals surface area contributed by atoms with Crippen molar-refractivity contribution in [3.8, 4) is 6.07 Å². The van der Waals surface area contributed by atoms with E-state index in [0.29, 0.717) is 0 Å². The second-order valence-corrected chi connectivity index (χ2v) is 5.58. The van der Waals surface area contributed by atoms with Crippen molar-refractivity contribution in [2.45, 2.75) is 52.4 Å². The molecule has 1 nitrogen and oxygen atoms in total. The summed E-state index contributed by atoms with van der Waals surface area (Å²) in [6.45, 7) is 4.56. The van der Waals surface area contributed by atoms with Gasteiger partial charge in [-0.2, -0.15) is 5.26 Å². The molecule has 0 radical (unpaired) electrons. The summed E-state index contributed by atoms with van der Waals surface area (Å²) in [5, 5.41) is 9.40. The van der Waals surface area contributed by atoms with Crippen molar-refractivity contribution >= 4 is 0 Å². The normalized spacial score (nSPS) is 35.6. The smallest absolute Gasteiger partial charge is 0.0788 e. The molecule has 0 aliphatic heterocycles. The topological polar surface area (TPSA) is 23.8 Å². The monoisotopic (exact) mass is 203 g/mol. The second-order valence-electron chi connectivity index (χ2n) is 5.58. The van der Waals surface area contributed by atoms with Crippen LogP contribution in [0.5, 0.6) is 0 Å². The van der Waals surface area contributed by atoms with Crippen molar-refractivity contribution in [3.63, 3.8) is 0 Å². The van der Waals surface area contributed by atoms with Crippen LogP contribution in [0, 0.1) is 28.6 Å². The predicted octanol–water partition coefficient (Wildman–Crippen LogP) is 4.06. The van der Waals surface area contributed by atoms with Crippen molar-refractivity contribution in [1.29, 1.82) is 5.26 Å². The molecular formula is C14H21N. The van der Waals surface area contributed by atoms with E-state index in [2.05, 4.69) is 26.0 Å². The van der Waals surface area contributed by atoms with Gasteiger partial charge in [0.05, 0.1) is 11.5 Å². The van der Waals surface area contributed by atoms with Gasteiger partial charge in [0, 0.05) is 0 Å². The fourth-order valence-corrected chi connectivity index (χ4v) is 3.00. The zero-order chi connectivity index (χ0) is 10.9. The Morgan fingerprint density at radius 2 is 2.13 bits per heavy atom. The van der Waals surface area contributed by atoms with Gasteiger partial charge < -0.3 is 0 Å². The van der Waals surface area contributed by atoms with E-state index < -0.39 is 0 Å². The van der Waals surface area contributed by atoms with Crippen molar-refractivity contribution in [2.24, 2.45) is 17.3 Å². The van der Waals surface area contributed by atoms with Gasteiger partial charge in [0.15, 0.2) is 0 Å². The highest BCUT2D eigenvalue weighted by Gasteiger charge is 2.47. The van der Waals surface area contributed by atoms with Gasteiger partial charge in [-0.05, 0) is 50.4 Å². The summed E-state index contributed by atoms with van der Waals surface area (Å²) in [7, 11) is 0. The van der Waals surface area contributed by atoms with E-state index in [9.17, 15) is 5.26 Å². The summed E-state index contributed by atoms with van der Waals surface area (Å²) in [5.41, 5.74) is 1.42. The highest BCUT2D eigenvalue weighted by molar-refractivity contribution is 5.29. The van der Waals surface area contributed by atoms with E-state index in [4.69, 9.17) is 0 Å². The van der Waals surface area contributed by atoms with Crippen LogP contribution in [0.4, 0.5) is 0 Å². The second kappa shape index (κ2) is 4.00. The Labute approximate surface area is 93.2 Å². The Balaban J connectivity index is 2.07. The van der Waals surface area contributed by atoms with E-state index in [0.717, 1.165) is 24.7 Å². The number of rotatable bonds is 2. The van der Waals surface area contributed by atoms with Crippen LogP contribution in [0.1, 0.15) is 52.4 Å². The fraction of sp³-hybridized carbons (Fsp3) is 0.786. The highest BCUT2D eigenvalue weighted by atomic mass is 14.5. The number of allylic oxidation sites excluding steroid dienone is 2. The molecule has 0 spiro atoms. The molecule has 0 amide bonds. The fourth-order valence-electron chi connectivity index (χ4n) is 3.00. The lowest BCUT2D eigenvalue weighted by atomic mass is 9.55. The van der Waals surface area contributed by atoms with Crippen LogP contribution in [-0.2, 0) is 0 Å². The van der Waals surface area contributed by atoms with Gasteiger partial charge in [-0.1, -0.05) is 25.5 Å². The molecule has 2 aliphatic carbocycles. The lowest BCUT2D eigenvalue weighted by molar-refractivity contribution is 0.106. The van der Waals surface area contributed by atoms with Gasteiger partial charge in [-0.25, -0.2) is 0 Å². The zero-order valence-electron chi connectivity index (χ0n) is 9.92. The van der Waals surface area contributed by atoms with E-state index >= 15 is 0 Å². The van der Waals surface area contributed by atoms with Crippen LogP contribution in [-0.4, -0.2) is 0 Å². The molecule has 15 heavy (non-hydrogen) atoms. The van der Waals surface area contributed by atoms with Gasteiger partial charge in [0.25, 0.3) is 0 Å². The van der Waals surface area contributed by atoms with Crippen LogP contribution < -0.4 is 0 Å². The first kappa shape index (κ1) is 10.7. The van der Waals surface area contributed by atoms with Crippen molar-refractivity contribution < 1.29 is 0 Å². The maximum absolute atomic E-state index is 9.40. The molecule has 2 aliphatic rings. The van der Waals surface area contributed by atoms with Crippen LogP contribution >= 0.6 is 0 Å². The molecule has 82 valence electrons. The first-order chi connectivity index (χ1) is 7.18. The Hall–Kier alpha value is -0.770. The third-order valence-corrected chi connectivity index (χ3v) is 4.28. The van der Waals surface area contributed by atoms with E-state index in [1.54, 1.807) is 0 Å². The maximum atomic E-state index is 9.40. The average molecular weight is 203 g/mol. The first-order valence-corrected chi connectivity index (χ1v) is 6.29. The van der Waals surface area contributed by atoms with E-state index in [1.807, 2.05) is 0 Å². The van der Waals surface area contributed by atoms with Crippen LogP contribution in [0.25, 0.3) is 0 Å². The van der Waals surface area contributed by atoms with Gasteiger partial charge in [0.1, 0.15) is 0 Å². The highest BCUT2D eigenvalue weighted by Crippen LogP contribution is 2.54. The molecule has 0 aromatic carbocycles.